The average molecular weight is 354 g/mol. The summed E-state index contributed by atoms with van der Waals surface area (Å²) in [5.74, 6) is 3.63. The van der Waals surface area contributed by atoms with Gasteiger partial charge in [0.15, 0.2) is 0 Å². The van der Waals surface area contributed by atoms with E-state index in [-0.39, 0.29) is 22.4 Å². The van der Waals surface area contributed by atoms with Crippen molar-refractivity contribution >= 4 is 29.4 Å². The van der Waals surface area contributed by atoms with Crippen molar-refractivity contribution in [3.8, 4) is 5.75 Å². The maximum atomic E-state index is 12.7. The number of aliphatic carboxylic acids is 1. The fourth-order valence-electron chi connectivity index (χ4n) is 2.28. The van der Waals surface area contributed by atoms with Crippen LogP contribution in [-0.4, -0.2) is 30.3 Å². The predicted octanol–water partition coefficient (Wildman–Crippen LogP) is 1.46. The Balaban J connectivity index is 2.50. The predicted molar refractivity (Wildman–Crippen MR) is 98.0 cm³/mol. The maximum absolute atomic E-state index is 12.7. The summed E-state index contributed by atoms with van der Waals surface area (Å²) < 4.78 is 5.09. The maximum Gasteiger partial charge on any atom is 0.338 e. The normalized spacial score (nSPS) is 11.8. The van der Waals surface area contributed by atoms with Gasteiger partial charge in [0.25, 0.3) is 0 Å². The van der Waals surface area contributed by atoms with Crippen molar-refractivity contribution in [1.82, 2.24) is 5.43 Å². The minimum atomic E-state index is -1.31. The lowest BCUT2D eigenvalue weighted by Crippen LogP contribution is -2.19. The fourth-order valence-corrected chi connectivity index (χ4v) is 2.28. The zero-order valence-electron chi connectivity index (χ0n) is 14.0. The van der Waals surface area contributed by atoms with Gasteiger partial charge in [-0.15, -0.1) is 0 Å². The van der Waals surface area contributed by atoms with Crippen LogP contribution in [0.3, 0.4) is 0 Å². The van der Waals surface area contributed by atoms with Crippen molar-refractivity contribution in [2.75, 3.05) is 7.11 Å². The molecule has 0 radical (unpaired) electrons. The van der Waals surface area contributed by atoms with Crippen molar-refractivity contribution in [1.29, 1.82) is 0 Å². The number of rotatable bonds is 7. The molecule has 0 saturated carbocycles. The molecule has 134 valence electrons. The molecule has 0 aromatic heterocycles. The van der Waals surface area contributed by atoms with E-state index in [9.17, 15) is 14.7 Å². The van der Waals surface area contributed by atoms with Crippen LogP contribution in [0.15, 0.2) is 59.2 Å². The van der Waals surface area contributed by atoms with Crippen molar-refractivity contribution in [3.63, 3.8) is 0 Å². The van der Waals surface area contributed by atoms with E-state index in [4.69, 9.17) is 16.3 Å². The number of ether oxygens (including phenoxy) is 1. The Labute approximate surface area is 149 Å². The van der Waals surface area contributed by atoms with Gasteiger partial charge in [0.1, 0.15) is 12.1 Å². The van der Waals surface area contributed by atoms with Gasteiger partial charge in [-0.3, -0.25) is 4.79 Å². The first kappa shape index (κ1) is 18.7. The number of nitrogens with zero attached hydrogens (tertiary/aromatic N) is 1. The van der Waals surface area contributed by atoms with Gasteiger partial charge < -0.3 is 21.0 Å². The highest BCUT2D eigenvalue weighted by atomic mass is 16.5. The molecule has 0 spiro atoms. The second-order valence-corrected chi connectivity index (χ2v) is 5.13. The van der Waals surface area contributed by atoms with Crippen molar-refractivity contribution in [3.05, 3.63) is 65.4 Å². The van der Waals surface area contributed by atoms with Gasteiger partial charge in [0, 0.05) is 5.56 Å². The Morgan fingerprint density at radius 3 is 2.50 bits per heavy atom. The van der Waals surface area contributed by atoms with Crippen LogP contribution in [-0.2, 0) is 4.79 Å². The highest BCUT2D eigenvalue weighted by Crippen LogP contribution is 2.24. The molecule has 0 heterocycles. The standard InChI is InChI=1S/C18H18N4O4/c1-26-14-7-3-4-11(9-14)15(18(24)25)16(19)17(23)12-5-2-6-13(8-12)21-10-22-20/h2-10H,19-20H2,1H3,(H,21,22)(H,24,25). The van der Waals surface area contributed by atoms with Crippen LogP contribution >= 0.6 is 0 Å². The summed E-state index contributed by atoms with van der Waals surface area (Å²) in [6.07, 6.45) is 1.25. The molecule has 0 aliphatic heterocycles. The minimum absolute atomic E-state index is 0.204. The molecule has 0 amide bonds. The van der Waals surface area contributed by atoms with Crippen molar-refractivity contribution in [2.24, 2.45) is 16.6 Å². The smallest absolute Gasteiger partial charge is 0.338 e. The lowest BCUT2D eigenvalue weighted by Gasteiger charge is -2.10. The number of hydrogen-bond donors (Lipinski definition) is 4. The number of ketones is 1. The molecule has 0 saturated heterocycles. The van der Waals surface area contributed by atoms with Gasteiger partial charge >= 0.3 is 5.97 Å². The number of aliphatic imine (C=N–C) groups is 1. The van der Waals surface area contributed by atoms with Crippen LogP contribution in [0.5, 0.6) is 5.75 Å². The van der Waals surface area contributed by atoms with Crippen LogP contribution in [0, 0.1) is 0 Å². The number of nitrogens with one attached hydrogen (secondary N) is 1. The van der Waals surface area contributed by atoms with E-state index < -0.39 is 11.8 Å². The van der Waals surface area contributed by atoms with E-state index >= 15 is 0 Å². The lowest BCUT2D eigenvalue weighted by atomic mass is 9.98. The molecule has 0 aliphatic rings. The van der Waals surface area contributed by atoms with Crippen LogP contribution < -0.4 is 21.7 Å². The van der Waals surface area contributed by atoms with Gasteiger partial charge in [-0.25, -0.2) is 15.6 Å². The number of nitrogens with two attached hydrogens (primary N) is 2. The summed E-state index contributed by atoms with van der Waals surface area (Å²) in [5.41, 5.74) is 8.40. The number of allylic oxidation sites excluding steroid dienone is 1. The number of benzene rings is 2. The highest BCUT2D eigenvalue weighted by Gasteiger charge is 2.21. The van der Waals surface area contributed by atoms with Crippen molar-refractivity contribution < 1.29 is 19.4 Å². The number of carbonyl (C=O) groups is 2. The third-order valence-corrected chi connectivity index (χ3v) is 3.48. The van der Waals surface area contributed by atoms with Crippen LogP contribution in [0.1, 0.15) is 15.9 Å². The summed E-state index contributed by atoms with van der Waals surface area (Å²) in [6.45, 7) is 0. The van der Waals surface area contributed by atoms with Crippen LogP contribution in [0.2, 0.25) is 0 Å². The van der Waals surface area contributed by atoms with Gasteiger partial charge in [-0.1, -0.05) is 24.3 Å². The van der Waals surface area contributed by atoms with Gasteiger partial charge in [-0.2, -0.15) is 0 Å². The molecule has 2 rings (SSSR count). The van der Waals surface area contributed by atoms with Gasteiger partial charge in [0.05, 0.1) is 24.1 Å². The quantitative estimate of drug-likeness (QED) is 0.147. The monoisotopic (exact) mass is 354 g/mol. The van der Waals surface area contributed by atoms with Crippen LogP contribution in [0.4, 0.5) is 5.69 Å². The van der Waals surface area contributed by atoms with E-state index in [1.54, 1.807) is 30.3 Å². The Kier molecular flexibility index (Phi) is 6.07. The van der Waals surface area contributed by atoms with E-state index in [1.807, 2.05) is 0 Å². The number of Topliss-reactive ketones (excluding diaryl/α,β-unsaturated/α-hetero) is 1. The highest BCUT2D eigenvalue weighted by molar-refractivity contribution is 6.25. The summed E-state index contributed by atoms with van der Waals surface area (Å²) >= 11 is 0. The largest absolute Gasteiger partial charge is 0.497 e. The van der Waals surface area contributed by atoms with Crippen LogP contribution in [0.25, 0.3) is 5.57 Å². The topological polar surface area (TPSA) is 140 Å². The van der Waals surface area contributed by atoms with E-state index in [1.165, 1.54) is 31.6 Å². The molecule has 0 aliphatic carbocycles. The second-order valence-electron chi connectivity index (χ2n) is 5.13. The Morgan fingerprint density at radius 1 is 1.15 bits per heavy atom. The number of methoxy groups -OCH3 is 1. The molecule has 0 bridgehead atoms. The van der Waals surface area contributed by atoms with E-state index in [0.29, 0.717) is 11.4 Å². The number of carbonyl (C=O) groups excluding carboxylic acids is 1. The molecule has 0 atom stereocenters. The third-order valence-electron chi connectivity index (χ3n) is 3.48. The van der Waals surface area contributed by atoms with Crippen molar-refractivity contribution in [2.45, 2.75) is 0 Å². The Morgan fingerprint density at radius 2 is 1.85 bits per heavy atom. The van der Waals surface area contributed by atoms with Gasteiger partial charge in [-0.05, 0) is 29.8 Å². The zero-order valence-corrected chi connectivity index (χ0v) is 14.0. The molecular formula is C18H18N4O4. The summed E-state index contributed by atoms with van der Waals surface area (Å²) in [7, 11) is 1.46. The first-order chi connectivity index (χ1) is 12.5. The molecule has 2 aromatic carbocycles. The number of hydrogen-bond acceptors (Lipinski definition) is 6. The molecule has 8 nitrogen and oxygen atoms in total. The number of carboxylic acids is 1. The summed E-state index contributed by atoms with van der Waals surface area (Å²) in [5, 5.41) is 9.55. The summed E-state index contributed by atoms with van der Waals surface area (Å²) in [4.78, 5) is 28.4. The molecular weight excluding hydrogens is 336 g/mol. The SMILES string of the molecule is COc1cccc(C(C(=O)O)=C(N)C(=O)c2cccc(N=CNN)c2)c1. The number of hydrazine groups is 1. The van der Waals surface area contributed by atoms with Gasteiger partial charge in [0.2, 0.25) is 5.78 Å². The fraction of sp³-hybridized carbons (Fsp3) is 0.0556. The minimum Gasteiger partial charge on any atom is -0.497 e. The molecule has 26 heavy (non-hydrogen) atoms. The Hall–Kier alpha value is -3.65. The first-order valence-corrected chi connectivity index (χ1v) is 7.48. The molecule has 2 aromatic rings. The van der Waals surface area contributed by atoms with E-state index in [2.05, 4.69) is 10.4 Å². The summed E-state index contributed by atoms with van der Waals surface area (Å²) in [6, 6.07) is 12.6. The average Bonchev–Trinajstić information content (AvgIpc) is 2.66. The number of carboxylic acid groups (broad SMARTS) is 1. The molecule has 0 fully saturated rings. The zero-order chi connectivity index (χ0) is 19.1. The molecule has 8 heteroatoms. The lowest BCUT2D eigenvalue weighted by molar-refractivity contribution is -0.130. The second kappa shape index (κ2) is 8.45. The molecule has 6 N–H and O–H groups in total. The first-order valence-electron chi connectivity index (χ1n) is 7.48. The Bertz CT molecular complexity index is 890. The third kappa shape index (κ3) is 4.25. The van der Waals surface area contributed by atoms with E-state index in [0.717, 1.165) is 0 Å². The molecule has 0 unspecified atom stereocenters.